The molecular weight excluding hydrogens is 300 g/mol. The molecule has 2 aromatic rings. The Labute approximate surface area is 143 Å². The van der Waals surface area contributed by atoms with Gasteiger partial charge in [0.05, 0.1) is 6.61 Å². The van der Waals surface area contributed by atoms with E-state index in [4.69, 9.17) is 0 Å². The largest absolute Gasteiger partial charge is 0.392 e. The number of benzene rings is 2. The average molecular weight is 326 g/mol. The van der Waals surface area contributed by atoms with Crippen LogP contribution in [0.1, 0.15) is 43.5 Å². The lowest BCUT2D eigenvalue weighted by molar-refractivity contribution is -0.118. The van der Waals surface area contributed by atoms with Crippen molar-refractivity contribution in [1.29, 1.82) is 0 Å². The van der Waals surface area contributed by atoms with Crippen LogP contribution in [-0.2, 0) is 11.4 Å². The number of aliphatic hydroxyl groups excluding tert-OH is 1. The molecule has 2 rings (SSSR count). The molecule has 0 aromatic heterocycles. The fourth-order valence-electron chi connectivity index (χ4n) is 2.42. The average Bonchev–Trinajstić information content (AvgIpc) is 2.57. The molecule has 24 heavy (non-hydrogen) atoms. The third kappa shape index (κ3) is 4.59. The Morgan fingerprint density at radius 1 is 1.12 bits per heavy atom. The first-order valence-electron chi connectivity index (χ1n) is 8.28. The highest BCUT2D eigenvalue weighted by atomic mass is 16.3. The molecule has 128 valence electrons. The zero-order chi connectivity index (χ0) is 17.7. The topological polar surface area (TPSA) is 61.4 Å². The van der Waals surface area contributed by atoms with E-state index in [0.717, 1.165) is 28.1 Å². The third-order valence-electron chi connectivity index (χ3n) is 4.04. The number of nitrogens with one attached hydrogen (secondary N) is 2. The Balaban J connectivity index is 2.17. The molecule has 1 amide bonds. The van der Waals surface area contributed by atoms with Crippen molar-refractivity contribution >= 4 is 17.3 Å². The minimum Gasteiger partial charge on any atom is -0.392 e. The number of hydrogen-bond donors (Lipinski definition) is 3. The molecular formula is C20H26N2O2. The van der Waals surface area contributed by atoms with Crippen LogP contribution in [0.5, 0.6) is 0 Å². The van der Waals surface area contributed by atoms with Gasteiger partial charge in [-0.2, -0.15) is 0 Å². The summed E-state index contributed by atoms with van der Waals surface area (Å²) in [5.41, 5.74) is 4.90. The first-order chi connectivity index (χ1) is 11.4. The van der Waals surface area contributed by atoms with Crippen LogP contribution in [0.4, 0.5) is 11.4 Å². The molecule has 0 bridgehead atoms. The molecule has 0 spiro atoms. The summed E-state index contributed by atoms with van der Waals surface area (Å²) in [6.45, 7) is 7.90. The van der Waals surface area contributed by atoms with E-state index in [2.05, 4.69) is 17.6 Å². The van der Waals surface area contributed by atoms with Crippen molar-refractivity contribution in [2.24, 2.45) is 5.92 Å². The van der Waals surface area contributed by atoms with Crippen molar-refractivity contribution < 1.29 is 9.90 Å². The molecule has 0 aliphatic carbocycles. The van der Waals surface area contributed by atoms with E-state index >= 15 is 0 Å². The van der Waals surface area contributed by atoms with E-state index in [-0.39, 0.29) is 24.5 Å². The second-order valence-corrected chi connectivity index (χ2v) is 6.44. The Morgan fingerprint density at radius 3 is 2.54 bits per heavy atom. The standard InChI is InChI=1S/C20H26N2O2/c1-13(2)20(24)22-18-9-8-14(3)19(11-18)21-15(4)17-7-5-6-16(10-17)12-23/h5-11,13,15,21,23H,12H2,1-4H3,(H,22,24). The van der Waals surface area contributed by atoms with Crippen molar-refractivity contribution in [3.05, 3.63) is 59.2 Å². The first kappa shape index (κ1) is 18.0. The van der Waals surface area contributed by atoms with Crippen LogP contribution >= 0.6 is 0 Å². The summed E-state index contributed by atoms with van der Waals surface area (Å²) in [4.78, 5) is 11.9. The first-order valence-corrected chi connectivity index (χ1v) is 8.28. The molecule has 4 heteroatoms. The van der Waals surface area contributed by atoms with Crippen molar-refractivity contribution in [2.45, 2.75) is 40.3 Å². The van der Waals surface area contributed by atoms with Crippen LogP contribution in [0.25, 0.3) is 0 Å². The summed E-state index contributed by atoms with van der Waals surface area (Å²) in [6.07, 6.45) is 0. The lowest BCUT2D eigenvalue weighted by atomic mass is 10.0. The van der Waals surface area contributed by atoms with Gasteiger partial charge in [-0.05, 0) is 42.7 Å². The van der Waals surface area contributed by atoms with E-state index in [1.165, 1.54) is 0 Å². The predicted octanol–water partition coefficient (Wildman–Crippen LogP) is 4.25. The number of rotatable bonds is 6. The lowest BCUT2D eigenvalue weighted by Crippen LogP contribution is -2.18. The Morgan fingerprint density at radius 2 is 1.88 bits per heavy atom. The molecule has 4 nitrogen and oxygen atoms in total. The minimum atomic E-state index is -0.0529. The van der Waals surface area contributed by atoms with Crippen molar-refractivity contribution in [3.8, 4) is 0 Å². The zero-order valence-electron chi connectivity index (χ0n) is 14.8. The van der Waals surface area contributed by atoms with E-state index in [9.17, 15) is 9.90 Å². The highest BCUT2D eigenvalue weighted by molar-refractivity contribution is 5.92. The number of anilines is 2. The van der Waals surface area contributed by atoms with Gasteiger partial charge in [-0.1, -0.05) is 44.2 Å². The summed E-state index contributed by atoms with van der Waals surface area (Å²) in [5.74, 6) is -0.0450. The molecule has 0 saturated carbocycles. The third-order valence-corrected chi connectivity index (χ3v) is 4.04. The Kier molecular flexibility index (Phi) is 5.99. The SMILES string of the molecule is Cc1ccc(NC(=O)C(C)C)cc1NC(C)c1cccc(CO)c1. The summed E-state index contributed by atoms with van der Waals surface area (Å²) >= 11 is 0. The zero-order valence-corrected chi connectivity index (χ0v) is 14.8. The quantitative estimate of drug-likeness (QED) is 0.743. The van der Waals surface area contributed by atoms with Gasteiger partial charge in [0.25, 0.3) is 0 Å². The Hall–Kier alpha value is -2.33. The molecule has 0 radical (unpaired) electrons. The number of aliphatic hydroxyl groups is 1. The van der Waals surface area contributed by atoms with Gasteiger partial charge in [0.2, 0.25) is 5.91 Å². The van der Waals surface area contributed by atoms with Crippen LogP contribution in [0, 0.1) is 12.8 Å². The van der Waals surface area contributed by atoms with Gasteiger partial charge in [0.15, 0.2) is 0 Å². The Bertz CT molecular complexity index is 711. The fraction of sp³-hybridized carbons (Fsp3) is 0.350. The summed E-state index contributed by atoms with van der Waals surface area (Å²) in [5, 5.41) is 15.7. The van der Waals surface area contributed by atoms with Gasteiger partial charge in [-0.25, -0.2) is 0 Å². The van der Waals surface area contributed by atoms with Crippen molar-refractivity contribution in [3.63, 3.8) is 0 Å². The van der Waals surface area contributed by atoms with Gasteiger partial charge in [0.1, 0.15) is 0 Å². The molecule has 0 heterocycles. The predicted molar refractivity (Wildman–Crippen MR) is 99.0 cm³/mol. The second kappa shape index (κ2) is 7.97. The number of amides is 1. The van der Waals surface area contributed by atoms with Gasteiger partial charge < -0.3 is 15.7 Å². The maximum Gasteiger partial charge on any atom is 0.226 e. The van der Waals surface area contributed by atoms with E-state index in [0.29, 0.717) is 0 Å². The van der Waals surface area contributed by atoms with Crippen LogP contribution in [0.3, 0.4) is 0 Å². The molecule has 1 atom stereocenters. The van der Waals surface area contributed by atoms with Crippen LogP contribution in [0.15, 0.2) is 42.5 Å². The molecule has 0 saturated heterocycles. The van der Waals surface area contributed by atoms with E-state index in [1.807, 2.05) is 63.2 Å². The van der Waals surface area contributed by atoms with Gasteiger partial charge in [0, 0.05) is 23.3 Å². The lowest BCUT2D eigenvalue weighted by Gasteiger charge is -2.19. The molecule has 0 fully saturated rings. The van der Waals surface area contributed by atoms with Gasteiger partial charge in [-0.3, -0.25) is 4.79 Å². The van der Waals surface area contributed by atoms with E-state index < -0.39 is 0 Å². The summed E-state index contributed by atoms with van der Waals surface area (Å²) in [6, 6.07) is 13.9. The number of aryl methyl sites for hydroxylation is 1. The summed E-state index contributed by atoms with van der Waals surface area (Å²) < 4.78 is 0. The van der Waals surface area contributed by atoms with Crippen LogP contribution in [0.2, 0.25) is 0 Å². The van der Waals surface area contributed by atoms with Crippen molar-refractivity contribution in [2.75, 3.05) is 10.6 Å². The van der Waals surface area contributed by atoms with Crippen molar-refractivity contribution in [1.82, 2.24) is 0 Å². The number of carbonyl (C=O) groups is 1. The number of hydrogen-bond acceptors (Lipinski definition) is 3. The maximum atomic E-state index is 11.9. The minimum absolute atomic E-state index is 0.00787. The highest BCUT2D eigenvalue weighted by Gasteiger charge is 2.11. The fourth-order valence-corrected chi connectivity index (χ4v) is 2.42. The highest BCUT2D eigenvalue weighted by Crippen LogP contribution is 2.26. The van der Waals surface area contributed by atoms with Gasteiger partial charge >= 0.3 is 0 Å². The molecule has 3 N–H and O–H groups in total. The van der Waals surface area contributed by atoms with Crippen LogP contribution < -0.4 is 10.6 Å². The summed E-state index contributed by atoms with van der Waals surface area (Å²) in [7, 11) is 0. The molecule has 1 unspecified atom stereocenters. The molecule has 0 aliphatic heterocycles. The molecule has 0 aliphatic rings. The monoisotopic (exact) mass is 326 g/mol. The second-order valence-electron chi connectivity index (χ2n) is 6.44. The molecule has 2 aromatic carbocycles. The van der Waals surface area contributed by atoms with Gasteiger partial charge in [-0.15, -0.1) is 0 Å². The maximum absolute atomic E-state index is 11.9. The number of carbonyl (C=O) groups excluding carboxylic acids is 1. The normalized spacial score (nSPS) is 12.1. The van der Waals surface area contributed by atoms with Crippen LogP contribution in [-0.4, -0.2) is 11.0 Å². The smallest absolute Gasteiger partial charge is 0.226 e. The van der Waals surface area contributed by atoms with E-state index in [1.54, 1.807) is 0 Å².